The molecule has 2 aromatic carbocycles. The second-order valence-corrected chi connectivity index (χ2v) is 5.67. The molecular formula is C20H16FNO4. The number of carbonyl (C=O) groups excluding carboxylic acids is 2. The third-order valence-corrected chi connectivity index (χ3v) is 3.86. The average Bonchev–Trinajstić information content (AvgIpc) is 2.65. The third kappa shape index (κ3) is 3.54. The lowest BCUT2D eigenvalue weighted by Crippen LogP contribution is -2.16. The maximum absolute atomic E-state index is 13.4. The summed E-state index contributed by atoms with van der Waals surface area (Å²) in [5.74, 6) is -1.55. The van der Waals surface area contributed by atoms with Crippen molar-refractivity contribution < 1.29 is 23.5 Å². The summed E-state index contributed by atoms with van der Waals surface area (Å²) in [6, 6.07) is 12.4. The number of aryl methyl sites for hydroxylation is 1. The molecule has 0 spiro atoms. The van der Waals surface area contributed by atoms with Gasteiger partial charge in [-0.15, -0.1) is 0 Å². The fourth-order valence-electron chi connectivity index (χ4n) is 2.66. The summed E-state index contributed by atoms with van der Waals surface area (Å²) in [7, 11) is 1.38. The summed E-state index contributed by atoms with van der Waals surface area (Å²) < 4.78 is 23.6. The molecule has 0 amide bonds. The highest BCUT2D eigenvalue weighted by Gasteiger charge is 2.18. The Hall–Kier alpha value is -3.28. The highest BCUT2D eigenvalue weighted by molar-refractivity contribution is 6.05. The van der Waals surface area contributed by atoms with E-state index in [0.29, 0.717) is 22.2 Å². The topological polar surface area (TPSA) is 65.5 Å². The van der Waals surface area contributed by atoms with Crippen LogP contribution in [-0.4, -0.2) is 30.5 Å². The maximum Gasteiger partial charge on any atom is 0.339 e. The molecule has 0 saturated carbocycles. The Kier molecular flexibility index (Phi) is 4.93. The van der Waals surface area contributed by atoms with Gasteiger partial charge >= 0.3 is 5.97 Å². The first kappa shape index (κ1) is 17.5. The summed E-state index contributed by atoms with van der Waals surface area (Å²) in [6.45, 7) is 1.25. The van der Waals surface area contributed by atoms with Crippen LogP contribution in [0.25, 0.3) is 10.9 Å². The SMILES string of the molecule is COc1ccc(F)cc1C(=O)COC(=O)c1cc(C)nc2ccccc12. The molecule has 0 radical (unpaired) electrons. The van der Waals surface area contributed by atoms with E-state index in [1.165, 1.54) is 19.2 Å². The lowest BCUT2D eigenvalue weighted by Gasteiger charge is -2.10. The fraction of sp³-hybridized carbons (Fsp3) is 0.150. The van der Waals surface area contributed by atoms with Gasteiger partial charge in [0.1, 0.15) is 11.6 Å². The number of benzene rings is 2. The fourth-order valence-corrected chi connectivity index (χ4v) is 2.66. The van der Waals surface area contributed by atoms with Crippen LogP contribution < -0.4 is 4.74 Å². The van der Waals surface area contributed by atoms with Gasteiger partial charge in [-0.05, 0) is 37.3 Å². The molecule has 0 saturated heterocycles. The van der Waals surface area contributed by atoms with Crippen molar-refractivity contribution in [2.75, 3.05) is 13.7 Å². The number of carbonyl (C=O) groups is 2. The Morgan fingerprint density at radius 2 is 1.85 bits per heavy atom. The van der Waals surface area contributed by atoms with Gasteiger partial charge < -0.3 is 9.47 Å². The van der Waals surface area contributed by atoms with E-state index in [1.807, 2.05) is 6.07 Å². The first-order valence-electron chi connectivity index (χ1n) is 7.90. The number of para-hydroxylation sites is 1. The van der Waals surface area contributed by atoms with Crippen molar-refractivity contribution in [3.63, 3.8) is 0 Å². The number of pyridine rings is 1. The lowest BCUT2D eigenvalue weighted by molar-refractivity contribution is 0.0475. The molecule has 0 aliphatic rings. The molecule has 1 aromatic heterocycles. The van der Waals surface area contributed by atoms with Crippen LogP contribution in [0.4, 0.5) is 4.39 Å². The van der Waals surface area contributed by atoms with Gasteiger partial charge in [0, 0.05) is 11.1 Å². The number of aromatic nitrogens is 1. The van der Waals surface area contributed by atoms with Gasteiger partial charge in [0.15, 0.2) is 6.61 Å². The molecule has 0 fully saturated rings. The Morgan fingerprint density at radius 3 is 2.62 bits per heavy atom. The van der Waals surface area contributed by atoms with Crippen molar-refractivity contribution in [1.29, 1.82) is 0 Å². The van der Waals surface area contributed by atoms with Crippen LogP contribution in [0.2, 0.25) is 0 Å². The number of hydrogen-bond acceptors (Lipinski definition) is 5. The third-order valence-electron chi connectivity index (χ3n) is 3.86. The Labute approximate surface area is 149 Å². The second kappa shape index (κ2) is 7.31. The minimum absolute atomic E-state index is 0.0241. The summed E-state index contributed by atoms with van der Waals surface area (Å²) in [5, 5.41) is 0.638. The predicted octanol–water partition coefficient (Wildman–Crippen LogP) is 3.73. The Balaban J connectivity index is 1.82. The van der Waals surface area contributed by atoms with Crippen molar-refractivity contribution in [3.8, 4) is 5.75 Å². The largest absolute Gasteiger partial charge is 0.496 e. The van der Waals surface area contributed by atoms with Crippen LogP contribution in [0.5, 0.6) is 5.75 Å². The molecule has 0 aliphatic carbocycles. The zero-order chi connectivity index (χ0) is 18.7. The van der Waals surface area contributed by atoms with Crippen LogP contribution in [0.1, 0.15) is 26.4 Å². The minimum atomic E-state index is -0.643. The number of nitrogens with zero attached hydrogens (tertiary/aromatic N) is 1. The molecule has 0 atom stereocenters. The van der Waals surface area contributed by atoms with E-state index in [2.05, 4.69) is 4.98 Å². The Morgan fingerprint density at radius 1 is 1.08 bits per heavy atom. The van der Waals surface area contributed by atoms with Crippen molar-refractivity contribution in [2.24, 2.45) is 0 Å². The van der Waals surface area contributed by atoms with Crippen molar-refractivity contribution >= 4 is 22.7 Å². The normalized spacial score (nSPS) is 10.6. The van der Waals surface area contributed by atoms with Gasteiger partial charge in [0.05, 0.1) is 23.8 Å². The van der Waals surface area contributed by atoms with Crippen LogP contribution >= 0.6 is 0 Å². The molecule has 0 N–H and O–H groups in total. The van der Waals surface area contributed by atoms with E-state index >= 15 is 0 Å². The molecule has 1 heterocycles. The van der Waals surface area contributed by atoms with E-state index in [4.69, 9.17) is 9.47 Å². The quantitative estimate of drug-likeness (QED) is 0.516. The molecule has 132 valence electrons. The molecule has 3 aromatic rings. The number of fused-ring (bicyclic) bond motifs is 1. The van der Waals surface area contributed by atoms with Crippen LogP contribution in [0.3, 0.4) is 0 Å². The van der Waals surface area contributed by atoms with Gasteiger partial charge in [-0.25, -0.2) is 9.18 Å². The molecule has 0 bridgehead atoms. The van der Waals surface area contributed by atoms with Crippen LogP contribution in [-0.2, 0) is 4.74 Å². The molecule has 3 rings (SSSR count). The average molecular weight is 353 g/mol. The maximum atomic E-state index is 13.4. The molecule has 26 heavy (non-hydrogen) atoms. The Bertz CT molecular complexity index is 1000. The van der Waals surface area contributed by atoms with E-state index in [9.17, 15) is 14.0 Å². The van der Waals surface area contributed by atoms with E-state index < -0.39 is 24.2 Å². The summed E-state index contributed by atoms with van der Waals surface area (Å²) >= 11 is 0. The van der Waals surface area contributed by atoms with Crippen molar-refractivity contribution in [2.45, 2.75) is 6.92 Å². The second-order valence-electron chi connectivity index (χ2n) is 5.67. The molecule has 5 nitrogen and oxygen atoms in total. The summed E-state index contributed by atoms with van der Waals surface area (Å²) in [4.78, 5) is 29.1. The number of halogens is 1. The van der Waals surface area contributed by atoms with E-state index in [0.717, 1.165) is 6.07 Å². The summed E-state index contributed by atoms with van der Waals surface area (Å²) in [5.41, 5.74) is 1.68. The highest BCUT2D eigenvalue weighted by Crippen LogP contribution is 2.21. The highest BCUT2D eigenvalue weighted by atomic mass is 19.1. The van der Waals surface area contributed by atoms with E-state index in [-0.39, 0.29) is 11.3 Å². The van der Waals surface area contributed by atoms with Gasteiger partial charge in [-0.2, -0.15) is 0 Å². The predicted molar refractivity (Wildman–Crippen MR) is 94.0 cm³/mol. The van der Waals surface area contributed by atoms with Gasteiger partial charge in [-0.3, -0.25) is 9.78 Å². The number of rotatable bonds is 5. The number of Topliss-reactive ketones (excluding diaryl/α,β-unsaturated/α-hetero) is 1. The van der Waals surface area contributed by atoms with Gasteiger partial charge in [0.2, 0.25) is 5.78 Å². The first-order valence-corrected chi connectivity index (χ1v) is 7.90. The molecule has 6 heteroatoms. The van der Waals surface area contributed by atoms with Crippen LogP contribution in [0, 0.1) is 12.7 Å². The number of ether oxygens (including phenoxy) is 2. The van der Waals surface area contributed by atoms with E-state index in [1.54, 1.807) is 31.2 Å². The number of hydrogen-bond donors (Lipinski definition) is 0. The zero-order valence-corrected chi connectivity index (χ0v) is 14.3. The monoisotopic (exact) mass is 353 g/mol. The summed E-state index contributed by atoms with van der Waals surface area (Å²) in [6.07, 6.45) is 0. The molecule has 0 unspecified atom stereocenters. The van der Waals surface area contributed by atoms with Crippen molar-refractivity contribution in [3.05, 3.63) is 71.2 Å². The van der Waals surface area contributed by atoms with Gasteiger partial charge in [0.25, 0.3) is 0 Å². The smallest absolute Gasteiger partial charge is 0.339 e. The standard InChI is InChI=1S/C20H16FNO4/c1-12-9-15(14-5-3-4-6-17(14)22-12)20(24)26-11-18(23)16-10-13(21)7-8-19(16)25-2/h3-10H,11H2,1-2H3. The number of esters is 1. The lowest BCUT2D eigenvalue weighted by atomic mass is 10.1. The first-order chi connectivity index (χ1) is 12.5. The van der Waals surface area contributed by atoms with Crippen LogP contribution in [0.15, 0.2) is 48.5 Å². The van der Waals surface area contributed by atoms with Crippen molar-refractivity contribution in [1.82, 2.24) is 4.98 Å². The minimum Gasteiger partial charge on any atom is -0.496 e. The number of methoxy groups -OCH3 is 1. The molecular weight excluding hydrogens is 337 g/mol. The zero-order valence-electron chi connectivity index (χ0n) is 14.3. The number of ketones is 1. The van der Waals surface area contributed by atoms with Gasteiger partial charge in [-0.1, -0.05) is 18.2 Å². The molecule has 0 aliphatic heterocycles.